The van der Waals surface area contributed by atoms with E-state index >= 15 is 0 Å². The van der Waals surface area contributed by atoms with E-state index in [0.29, 0.717) is 12.0 Å². The van der Waals surface area contributed by atoms with Gasteiger partial charge in [0.2, 0.25) is 0 Å². The third kappa shape index (κ3) is 5.21. The average molecular weight is 264 g/mol. The van der Waals surface area contributed by atoms with Crippen molar-refractivity contribution in [1.29, 1.82) is 0 Å². The largest absolute Gasteiger partial charge is 0.491 e. The molecule has 0 amide bonds. The number of nitrogens with two attached hydrogens (primary N) is 1. The molecule has 3 nitrogen and oxygen atoms in total. The SMILES string of the molecule is CC(CN)CC(c1ccc(OC(C)C)cc1)N(C)C. The van der Waals surface area contributed by atoms with E-state index in [9.17, 15) is 0 Å². The first kappa shape index (κ1) is 16.0. The Balaban J connectivity index is 2.79. The van der Waals surface area contributed by atoms with Crippen LogP contribution in [0.5, 0.6) is 5.75 Å². The minimum atomic E-state index is 0.216. The summed E-state index contributed by atoms with van der Waals surface area (Å²) in [6.45, 7) is 7.02. The molecule has 19 heavy (non-hydrogen) atoms. The van der Waals surface area contributed by atoms with Gasteiger partial charge in [-0.25, -0.2) is 0 Å². The lowest BCUT2D eigenvalue weighted by atomic mass is 9.95. The van der Waals surface area contributed by atoms with Crippen LogP contribution < -0.4 is 10.5 Å². The summed E-state index contributed by atoms with van der Waals surface area (Å²) in [5.74, 6) is 1.46. The first-order valence-electron chi connectivity index (χ1n) is 7.07. The standard InChI is InChI=1S/C16H28N2O/c1-12(2)19-15-8-6-14(7-9-15)16(18(4)5)10-13(3)11-17/h6-9,12-13,16H,10-11,17H2,1-5H3. The van der Waals surface area contributed by atoms with Gasteiger partial charge in [-0.3, -0.25) is 0 Å². The van der Waals surface area contributed by atoms with E-state index < -0.39 is 0 Å². The minimum absolute atomic E-state index is 0.216. The molecule has 1 rings (SSSR count). The first-order valence-corrected chi connectivity index (χ1v) is 7.07. The second-order valence-corrected chi connectivity index (χ2v) is 5.79. The van der Waals surface area contributed by atoms with Gasteiger partial charge in [-0.05, 0) is 64.5 Å². The van der Waals surface area contributed by atoms with Crippen molar-refractivity contribution in [3.05, 3.63) is 29.8 Å². The fourth-order valence-electron chi connectivity index (χ4n) is 2.16. The Kier molecular flexibility index (Phi) is 6.32. The lowest BCUT2D eigenvalue weighted by Crippen LogP contribution is -2.24. The highest BCUT2D eigenvalue weighted by atomic mass is 16.5. The number of hydrogen-bond acceptors (Lipinski definition) is 3. The molecule has 0 aliphatic heterocycles. The van der Waals surface area contributed by atoms with Crippen LogP contribution in [0.25, 0.3) is 0 Å². The molecule has 0 aliphatic rings. The molecule has 0 aliphatic carbocycles. The molecular formula is C16H28N2O. The van der Waals surface area contributed by atoms with E-state index in [1.54, 1.807) is 0 Å². The van der Waals surface area contributed by atoms with Gasteiger partial charge in [-0.1, -0.05) is 19.1 Å². The highest BCUT2D eigenvalue weighted by Gasteiger charge is 2.17. The van der Waals surface area contributed by atoms with Crippen molar-refractivity contribution in [2.24, 2.45) is 11.7 Å². The molecule has 2 N–H and O–H groups in total. The van der Waals surface area contributed by atoms with Crippen LogP contribution >= 0.6 is 0 Å². The maximum Gasteiger partial charge on any atom is 0.119 e. The molecule has 108 valence electrons. The zero-order valence-electron chi connectivity index (χ0n) is 12.9. The molecule has 2 atom stereocenters. The number of nitrogens with zero attached hydrogens (tertiary/aromatic N) is 1. The monoisotopic (exact) mass is 264 g/mol. The van der Waals surface area contributed by atoms with E-state index in [-0.39, 0.29) is 6.10 Å². The van der Waals surface area contributed by atoms with Gasteiger partial charge in [0.25, 0.3) is 0 Å². The maximum atomic E-state index is 5.74. The maximum absolute atomic E-state index is 5.74. The summed E-state index contributed by atoms with van der Waals surface area (Å²) in [6.07, 6.45) is 1.29. The Morgan fingerprint density at radius 1 is 1.11 bits per heavy atom. The highest BCUT2D eigenvalue weighted by molar-refractivity contribution is 5.29. The van der Waals surface area contributed by atoms with Crippen LogP contribution in [0.2, 0.25) is 0 Å². The summed E-state index contributed by atoms with van der Waals surface area (Å²) < 4.78 is 5.68. The third-order valence-electron chi connectivity index (χ3n) is 3.29. The second kappa shape index (κ2) is 7.51. The van der Waals surface area contributed by atoms with Crippen molar-refractivity contribution >= 4 is 0 Å². The Labute approximate surface area is 117 Å². The van der Waals surface area contributed by atoms with Crippen LogP contribution in [0, 0.1) is 5.92 Å². The second-order valence-electron chi connectivity index (χ2n) is 5.79. The molecule has 0 radical (unpaired) electrons. The lowest BCUT2D eigenvalue weighted by molar-refractivity contribution is 0.240. The molecule has 0 heterocycles. The topological polar surface area (TPSA) is 38.5 Å². The van der Waals surface area contributed by atoms with Crippen LogP contribution in [0.15, 0.2) is 24.3 Å². The van der Waals surface area contributed by atoms with E-state index in [1.807, 2.05) is 13.8 Å². The van der Waals surface area contributed by atoms with Crippen LogP contribution in [0.4, 0.5) is 0 Å². The normalized spacial score (nSPS) is 14.7. The Morgan fingerprint density at radius 2 is 1.68 bits per heavy atom. The molecule has 0 aromatic heterocycles. The van der Waals surface area contributed by atoms with Gasteiger partial charge in [-0.2, -0.15) is 0 Å². The lowest BCUT2D eigenvalue weighted by Gasteiger charge is -2.27. The van der Waals surface area contributed by atoms with E-state index in [2.05, 4.69) is 50.2 Å². The molecule has 2 unspecified atom stereocenters. The number of hydrogen-bond donors (Lipinski definition) is 1. The van der Waals surface area contributed by atoms with Gasteiger partial charge >= 0.3 is 0 Å². The van der Waals surface area contributed by atoms with Gasteiger partial charge in [-0.15, -0.1) is 0 Å². The molecule has 0 saturated heterocycles. The molecule has 1 aromatic rings. The van der Waals surface area contributed by atoms with Crippen LogP contribution in [0.3, 0.4) is 0 Å². The Morgan fingerprint density at radius 3 is 2.11 bits per heavy atom. The minimum Gasteiger partial charge on any atom is -0.491 e. The molecule has 1 aromatic carbocycles. The van der Waals surface area contributed by atoms with Crippen molar-refractivity contribution < 1.29 is 4.74 Å². The number of benzene rings is 1. The Hall–Kier alpha value is -1.06. The molecular weight excluding hydrogens is 236 g/mol. The van der Waals surface area contributed by atoms with Crippen LogP contribution in [0.1, 0.15) is 38.8 Å². The predicted octanol–water partition coefficient (Wildman–Crippen LogP) is 3.06. The van der Waals surface area contributed by atoms with Gasteiger partial charge in [0, 0.05) is 6.04 Å². The van der Waals surface area contributed by atoms with Crippen LogP contribution in [-0.2, 0) is 0 Å². The summed E-state index contributed by atoms with van der Waals surface area (Å²) in [7, 11) is 4.23. The Bertz CT molecular complexity index is 360. The van der Waals surface area contributed by atoms with Gasteiger partial charge in [0.15, 0.2) is 0 Å². The molecule has 0 spiro atoms. The highest BCUT2D eigenvalue weighted by Crippen LogP contribution is 2.27. The summed E-state index contributed by atoms with van der Waals surface area (Å²) >= 11 is 0. The van der Waals surface area contributed by atoms with Crippen molar-refractivity contribution in [2.45, 2.75) is 39.3 Å². The molecule has 0 bridgehead atoms. The van der Waals surface area contributed by atoms with Crippen molar-refractivity contribution in [1.82, 2.24) is 4.90 Å². The van der Waals surface area contributed by atoms with Gasteiger partial charge in [0.05, 0.1) is 6.10 Å². The zero-order chi connectivity index (χ0) is 14.4. The first-order chi connectivity index (χ1) is 8.93. The summed E-state index contributed by atoms with van der Waals surface area (Å²) in [5, 5.41) is 0. The summed E-state index contributed by atoms with van der Waals surface area (Å²) in [4.78, 5) is 2.25. The van der Waals surface area contributed by atoms with Crippen molar-refractivity contribution in [3.8, 4) is 5.75 Å². The summed E-state index contributed by atoms with van der Waals surface area (Å²) in [5.41, 5.74) is 7.06. The molecule has 0 saturated carbocycles. The fraction of sp³-hybridized carbons (Fsp3) is 0.625. The quantitative estimate of drug-likeness (QED) is 0.822. The van der Waals surface area contributed by atoms with E-state index in [4.69, 9.17) is 10.5 Å². The van der Waals surface area contributed by atoms with E-state index in [1.165, 1.54) is 5.56 Å². The molecule has 0 fully saturated rings. The van der Waals surface area contributed by atoms with Crippen molar-refractivity contribution in [2.75, 3.05) is 20.6 Å². The third-order valence-corrected chi connectivity index (χ3v) is 3.29. The number of rotatable bonds is 7. The van der Waals surface area contributed by atoms with Gasteiger partial charge < -0.3 is 15.4 Å². The van der Waals surface area contributed by atoms with Gasteiger partial charge in [0.1, 0.15) is 5.75 Å². The van der Waals surface area contributed by atoms with Crippen molar-refractivity contribution in [3.63, 3.8) is 0 Å². The zero-order valence-corrected chi connectivity index (χ0v) is 12.9. The van der Waals surface area contributed by atoms with E-state index in [0.717, 1.165) is 18.7 Å². The van der Waals surface area contributed by atoms with Crippen LogP contribution in [-0.4, -0.2) is 31.6 Å². The summed E-state index contributed by atoms with van der Waals surface area (Å²) in [6, 6.07) is 8.83. The fourth-order valence-corrected chi connectivity index (χ4v) is 2.16. The predicted molar refractivity (Wildman–Crippen MR) is 81.5 cm³/mol. The smallest absolute Gasteiger partial charge is 0.119 e. The number of ether oxygens (including phenoxy) is 1. The molecule has 3 heteroatoms. The average Bonchev–Trinajstić information content (AvgIpc) is 2.35.